The van der Waals surface area contributed by atoms with E-state index in [0.717, 1.165) is 12.8 Å². The van der Waals surface area contributed by atoms with Crippen molar-refractivity contribution in [1.29, 1.82) is 0 Å². The van der Waals surface area contributed by atoms with E-state index in [1.807, 2.05) is 0 Å². The standard InChI is InChI=1S/C15H31NO/c1-11(14(2,3)4)16(7)12-9-8-10-15(5,6)13(12)17/h11-13,17H,8-10H2,1-7H3. The predicted octanol–water partition coefficient (Wildman–Crippen LogP) is 3.29. The summed E-state index contributed by atoms with van der Waals surface area (Å²) in [7, 11) is 2.17. The lowest BCUT2D eigenvalue weighted by Crippen LogP contribution is -2.55. The van der Waals surface area contributed by atoms with Crippen molar-refractivity contribution in [3.8, 4) is 0 Å². The number of hydrogen-bond acceptors (Lipinski definition) is 2. The van der Waals surface area contributed by atoms with E-state index in [4.69, 9.17) is 0 Å². The molecular formula is C15H31NO. The van der Waals surface area contributed by atoms with Crippen LogP contribution in [0.15, 0.2) is 0 Å². The van der Waals surface area contributed by atoms with Gasteiger partial charge in [-0.25, -0.2) is 0 Å². The molecule has 0 radical (unpaired) electrons. The van der Waals surface area contributed by atoms with Gasteiger partial charge in [0.1, 0.15) is 0 Å². The van der Waals surface area contributed by atoms with Crippen LogP contribution in [0.25, 0.3) is 0 Å². The Morgan fingerprint density at radius 3 is 2.29 bits per heavy atom. The molecule has 0 spiro atoms. The first-order valence-electron chi connectivity index (χ1n) is 6.97. The van der Waals surface area contributed by atoms with Gasteiger partial charge in [0.05, 0.1) is 6.10 Å². The van der Waals surface area contributed by atoms with Crippen LogP contribution >= 0.6 is 0 Å². The van der Waals surface area contributed by atoms with E-state index in [1.165, 1.54) is 6.42 Å². The molecule has 0 aromatic carbocycles. The minimum Gasteiger partial charge on any atom is -0.391 e. The molecule has 102 valence electrons. The molecule has 0 heterocycles. The van der Waals surface area contributed by atoms with Gasteiger partial charge in [0.15, 0.2) is 0 Å². The average molecular weight is 241 g/mol. The normalized spacial score (nSPS) is 31.6. The molecule has 1 fully saturated rings. The van der Waals surface area contributed by atoms with Crippen molar-refractivity contribution in [2.24, 2.45) is 10.8 Å². The quantitative estimate of drug-likeness (QED) is 0.802. The third-order valence-corrected chi connectivity index (χ3v) is 4.87. The van der Waals surface area contributed by atoms with Crippen molar-refractivity contribution in [1.82, 2.24) is 4.90 Å². The minimum atomic E-state index is -0.203. The van der Waals surface area contributed by atoms with Crippen LogP contribution in [0.4, 0.5) is 0 Å². The molecule has 3 unspecified atom stereocenters. The number of likely N-dealkylation sites (N-methyl/N-ethyl adjacent to an activating group) is 1. The second-order valence-electron chi connectivity index (χ2n) is 7.60. The topological polar surface area (TPSA) is 23.5 Å². The molecular weight excluding hydrogens is 210 g/mol. The van der Waals surface area contributed by atoms with E-state index in [0.29, 0.717) is 12.1 Å². The Morgan fingerprint density at radius 1 is 1.29 bits per heavy atom. The summed E-state index contributed by atoms with van der Waals surface area (Å²) in [6.07, 6.45) is 3.30. The summed E-state index contributed by atoms with van der Waals surface area (Å²) in [5.74, 6) is 0. The fraction of sp³-hybridized carbons (Fsp3) is 1.00. The molecule has 0 aliphatic heterocycles. The SMILES string of the molecule is CC(N(C)C1CCCC(C)(C)C1O)C(C)(C)C. The Hall–Kier alpha value is -0.0800. The van der Waals surface area contributed by atoms with Crippen molar-refractivity contribution < 1.29 is 5.11 Å². The number of rotatable bonds is 2. The molecule has 1 aliphatic rings. The first kappa shape index (κ1) is 15.0. The third kappa shape index (κ3) is 3.23. The van der Waals surface area contributed by atoms with E-state index < -0.39 is 0 Å². The lowest BCUT2D eigenvalue weighted by Gasteiger charge is -2.48. The zero-order valence-corrected chi connectivity index (χ0v) is 12.7. The molecule has 0 amide bonds. The monoisotopic (exact) mass is 241 g/mol. The molecule has 1 rings (SSSR count). The molecule has 3 atom stereocenters. The summed E-state index contributed by atoms with van der Waals surface area (Å²) in [4.78, 5) is 2.39. The largest absolute Gasteiger partial charge is 0.391 e. The summed E-state index contributed by atoms with van der Waals surface area (Å²) in [6.45, 7) is 13.5. The van der Waals surface area contributed by atoms with Gasteiger partial charge in [0, 0.05) is 12.1 Å². The summed E-state index contributed by atoms with van der Waals surface area (Å²) in [5.41, 5.74) is 0.324. The molecule has 0 saturated heterocycles. The fourth-order valence-corrected chi connectivity index (χ4v) is 2.92. The van der Waals surface area contributed by atoms with E-state index >= 15 is 0 Å². The fourth-order valence-electron chi connectivity index (χ4n) is 2.92. The first-order chi connectivity index (χ1) is 7.57. The van der Waals surface area contributed by atoms with E-state index in [-0.39, 0.29) is 16.9 Å². The van der Waals surface area contributed by atoms with Crippen molar-refractivity contribution in [3.63, 3.8) is 0 Å². The highest BCUT2D eigenvalue weighted by atomic mass is 16.3. The van der Waals surface area contributed by atoms with E-state index in [2.05, 4.69) is 53.5 Å². The van der Waals surface area contributed by atoms with Crippen LogP contribution < -0.4 is 0 Å². The van der Waals surface area contributed by atoms with Gasteiger partial charge in [-0.3, -0.25) is 4.90 Å². The Balaban J connectivity index is 2.78. The second kappa shape index (κ2) is 4.89. The highest BCUT2D eigenvalue weighted by molar-refractivity contribution is 4.95. The van der Waals surface area contributed by atoms with E-state index in [9.17, 15) is 5.11 Å². The first-order valence-corrected chi connectivity index (χ1v) is 6.97. The summed E-state index contributed by atoms with van der Waals surface area (Å²) in [6, 6.07) is 0.795. The molecule has 17 heavy (non-hydrogen) atoms. The Kier molecular flexibility index (Phi) is 4.31. The van der Waals surface area contributed by atoms with Crippen LogP contribution in [0, 0.1) is 10.8 Å². The number of aliphatic hydroxyl groups excluding tert-OH is 1. The number of aliphatic hydroxyl groups is 1. The van der Waals surface area contributed by atoms with Crippen LogP contribution in [0.2, 0.25) is 0 Å². The number of hydrogen-bond donors (Lipinski definition) is 1. The maximum absolute atomic E-state index is 10.5. The molecule has 0 aromatic rings. The van der Waals surface area contributed by atoms with Gasteiger partial charge in [-0.05, 0) is 37.6 Å². The van der Waals surface area contributed by atoms with Gasteiger partial charge in [-0.2, -0.15) is 0 Å². The van der Waals surface area contributed by atoms with Crippen LogP contribution in [-0.2, 0) is 0 Å². The molecule has 1 N–H and O–H groups in total. The lowest BCUT2D eigenvalue weighted by atomic mass is 9.71. The Morgan fingerprint density at radius 2 is 1.82 bits per heavy atom. The highest BCUT2D eigenvalue weighted by Crippen LogP contribution is 2.39. The Labute approximate surface area is 107 Å². The smallest absolute Gasteiger partial charge is 0.0746 e. The molecule has 1 aliphatic carbocycles. The van der Waals surface area contributed by atoms with Crippen LogP contribution in [0.5, 0.6) is 0 Å². The average Bonchev–Trinajstić information content (AvgIpc) is 2.18. The van der Waals surface area contributed by atoms with Crippen LogP contribution in [-0.4, -0.2) is 35.2 Å². The maximum atomic E-state index is 10.5. The highest BCUT2D eigenvalue weighted by Gasteiger charge is 2.41. The van der Waals surface area contributed by atoms with E-state index in [1.54, 1.807) is 0 Å². The lowest BCUT2D eigenvalue weighted by molar-refractivity contribution is -0.0704. The molecule has 2 heteroatoms. The predicted molar refractivity (Wildman–Crippen MR) is 74.1 cm³/mol. The zero-order valence-electron chi connectivity index (χ0n) is 12.7. The van der Waals surface area contributed by atoms with Crippen molar-refractivity contribution in [2.75, 3.05) is 7.05 Å². The maximum Gasteiger partial charge on any atom is 0.0746 e. The minimum absolute atomic E-state index is 0.0643. The Bertz CT molecular complexity index is 254. The van der Waals surface area contributed by atoms with Gasteiger partial charge in [0.2, 0.25) is 0 Å². The van der Waals surface area contributed by atoms with Gasteiger partial charge in [-0.1, -0.05) is 41.0 Å². The third-order valence-electron chi connectivity index (χ3n) is 4.87. The van der Waals surface area contributed by atoms with Crippen LogP contribution in [0.3, 0.4) is 0 Å². The molecule has 0 bridgehead atoms. The van der Waals surface area contributed by atoms with Crippen molar-refractivity contribution in [3.05, 3.63) is 0 Å². The van der Waals surface area contributed by atoms with Crippen molar-refractivity contribution in [2.45, 2.75) is 79.0 Å². The van der Waals surface area contributed by atoms with Crippen LogP contribution in [0.1, 0.15) is 60.8 Å². The zero-order chi connectivity index (χ0) is 13.4. The molecule has 1 saturated carbocycles. The second-order valence-corrected chi connectivity index (χ2v) is 7.60. The number of nitrogens with zero attached hydrogens (tertiary/aromatic N) is 1. The summed E-state index contributed by atoms with van der Waals surface area (Å²) < 4.78 is 0. The summed E-state index contributed by atoms with van der Waals surface area (Å²) in [5, 5.41) is 10.5. The molecule has 2 nitrogen and oxygen atoms in total. The van der Waals surface area contributed by atoms with Crippen molar-refractivity contribution >= 4 is 0 Å². The molecule has 0 aromatic heterocycles. The van der Waals surface area contributed by atoms with Gasteiger partial charge in [0.25, 0.3) is 0 Å². The summed E-state index contributed by atoms with van der Waals surface area (Å²) >= 11 is 0. The van der Waals surface area contributed by atoms with Gasteiger partial charge >= 0.3 is 0 Å². The van der Waals surface area contributed by atoms with Gasteiger partial charge in [-0.15, -0.1) is 0 Å². The van der Waals surface area contributed by atoms with Gasteiger partial charge < -0.3 is 5.11 Å².